The number of imidazole rings is 1. The molecule has 2 aromatic heterocycles. The monoisotopic (exact) mass is 402 g/mol. The predicted molar refractivity (Wildman–Crippen MR) is 102 cm³/mol. The number of fused-ring (bicyclic) bond motifs is 1. The summed E-state index contributed by atoms with van der Waals surface area (Å²) in [6.07, 6.45) is 0. The Labute approximate surface area is 163 Å². The van der Waals surface area contributed by atoms with Crippen LogP contribution in [0.4, 0.5) is 0 Å². The molecule has 0 saturated heterocycles. The molecule has 0 aliphatic heterocycles. The Balaban J connectivity index is 1.62. The molecule has 4 aromatic rings. The molecule has 2 N–H and O–H groups in total. The quantitative estimate of drug-likeness (QED) is 0.478. The lowest BCUT2D eigenvalue weighted by atomic mass is 10.3. The average Bonchev–Trinajstić information content (AvgIpc) is 3.26. The zero-order chi connectivity index (χ0) is 18.8. The van der Waals surface area contributed by atoms with Crippen molar-refractivity contribution < 1.29 is 10.2 Å². The minimum absolute atomic E-state index is 0.000880. The van der Waals surface area contributed by atoms with E-state index < -0.39 is 0 Å². The largest absolute Gasteiger partial charge is 0.508 e. The number of hydrogen-bond acceptors (Lipinski definition) is 7. The van der Waals surface area contributed by atoms with Crippen molar-refractivity contribution in [3.05, 3.63) is 53.3 Å². The summed E-state index contributed by atoms with van der Waals surface area (Å²) in [7, 11) is 0. The van der Waals surface area contributed by atoms with Crippen molar-refractivity contribution in [1.82, 2.24) is 29.8 Å². The van der Waals surface area contributed by atoms with Crippen LogP contribution in [0, 0.1) is 0 Å². The minimum atomic E-state index is 0.000880. The van der Waals surface area contributed by atoms with E-state index in [9.17, 15) is 10.2 Å². The summed E-state index contributed by atoms with van der Waals surface area (Å²) < 4.78 is 3.54. The van der Waals surface area contributed by atoms with Gasteiger partial charge < -0.3 is 14.8 Å². The van der Waals surface area contributed by atoms with E-state index in [1.807, 2.05) is 16.7 Å². The lowest BCUT2D eigenvalue weighted by molar-refractivity contribution is 0.276. The van der Waals surface area contributed by atoms with Crippen LogP contribution in [0.3, 0.4) is 0 Å². The summed E-state index contributed by atoms with van der Waals surface area (Å²) in [5, 5.41) is 31.9. The van der Waals surface area contributed by atoms with Gasteiger partial charge >= 0.3 is 0 Å². The SMILES string of the molecule is OCCn1c(CSc2nnnn2-c2ccc(O)cc2)nc2ccc(Cl)cc21. The Bertz CT molecular complexity index is 1080. The van der Waals surface area contributed by atoms with Gasteiger partial charge in [0.15, 0.2) is 0 Å². The highest BCUT2D eigenvalue weighted by molar-refractivity contribution is 7.98. The van der Waals surface area contributed by atoms with E-state index in [0.717, 1.165) is 22.5 Å². The molecule has 0 amide bonds. The number of thioether (sulfide) groups is 1. The summed E-state index contributed by atoms with van der Waals surface area (Å²) in [4.78, 5) is 4.65. The number of aliphatic hydroxyl groups excluding tert-OH is 1. The van der Waals surface area contributed by atoms with Crippen molar-refractivity contribution in [3.63, 3.8) is 0 Å². The number of phenols is 1. The molecule has 0 atom stereocenters. The first-order valence-corrected chi connectivity index (χ1v) is 9.48. The smallest absolute Gasteiger partial charge is 0.214 e. The van der Waals surface area contributed by atoms with Gasteiger partial charge in [0.05, 0.1) is 29.1 Å². The van der Waals surface area contributed by atoms with Gasteiger partial charge in [-0.2, -0.15) is 4.68 Å². The predicted octanol–water partition coefficient (Wildman–Crippen LogP) is 2.66. The molecule has 8 nitrogen and oxygen atoms in total. The molecule has 0 saturated carbocycles. The van der Waals surface area contributed by atoms with Gasteiger partial charge in [-0.1, -0.05) is 23.4 Å². The highest BCUT2D eigenvalue weighted by Crippen LogP contribution is 2.26. The first-order valence-electron chi connectivity index (χ1n) is 8.12. The lowest BCUT2D eigenvalue weighted by Crippen LogP contribution is -2.06. The maximum atomic E-state index is 9.44. The number of aromatic hydroxyl groups is 1. The maximum Gasteiger partial charge on any atom is 0.214 e. The Hall–Kier alpha value is -2.62. The third-order valence-corrected chi connectivity index (χ3v) is 5.13. The number of benzene rings is 2. The van der Waals surface area contributed by atoms with E-state index in [4.69, 9.17) is 11.6 Å². The number of aromatic nitrogens is 6. The van der Waals surface area contributed by atoms with Gasteiger partial charge in [-0.05, 0) is 52.9 Å². The van der Waals surface area contributed by atoms with Gasteiger partial charge in [0.1, 0.15) is 11.6 Å². The molecule has 0 bridgehead atoms. The standard InChI is InChI=1S/C17H15ClN6O2S/c18-11-1-6-14-15(9-11)23(7-8-25)16(19-14)10-27-17-20-21-22-24(17)12-2-4-13(26)5-3-12/h1-6,9,25-26H,7-8,10H2. The number of phenolic OH excluding ortho intramolecular Hbond substituents is 1. The van der Waals surface area contributed by atoms with Crippen molar-refractivity contribution in [2.45, 2.75) is 17.5 Å². The molecular weight excluding hydrogens is 388 g/mol. The summed E-state index contributed by atoms with van der Waals surface area (Å²) in [6, 6.07) is 12.1. The topological polar surface area (TPSA) is 102 Å². The zero-order valence-corrected chi connectivity index (χ0v) is 15.6. The fourth-order valence-corrected chi connectivity index (χ4v) is 3.76. The molecule has 10 heteroatoms. The third-order valence-electron chi connectivity index (χ3n) is 3.98. The van der Waals surface area contributed by atoms with Crippen LogP contribution >= 0.6 is 23.4 Å². The van der Waals surface area contributed by atoms with Crippen molar-refractivity contribution in [2.24, 2.45) is 0 Å². The lowest BCUT2D eigenvalue weighted by Gasteiger charge is -2.08. The number of rotatable bonds is 6. The molecule has 0 radical (unpaired) electrons. The van der Waals surface area contributed by atoms with Gasteiger partial charge in [0.2, 0.25) is 5.16 Å². The van der Waals surface area contributed by atoms with Crippen molar-refractivity contribution in [3.8, 4) is 11.4 Å². The van der Waals surface area contributed by atoms with Crippen LogP contribution < -0.4 is 0 Å². The van der Waals surface area contributed by atoms with Crippen LogP contribution in [0.25, 0.3) is 16.7 Å². The van der Waals surface area contributed by atoms with Crippen molar-refractivity contribution in [2.75, 3.05) is 6.61 Å². The second-order valence-electron chi connectivity index (χ2n) is 5.71. The molecular formula is C17H15ClN6O2S. The average molecular weight is 403 g/mol. The molecule has 4 rings (SSSR count). The fraction of sp³-hybridized carbons (Fsp3) is 0.176. The summed E-state index contributed by atoms with van der Waals surface area (Å²) in [5.41, 5.74) is 2.45. The highest BCUT2D eigenvalue weighted by atomic mass is 35.5. The molecule has 0 spiro atoms. The third kappa shape index (κ3) is 3.61. The zero-order valence-electron chi connectivity index (χ0n) is 14.0. The van der Waals surface area contributed by atoms with Gasteiger partial charge in [-0.15, -0.1) is 5.10 Å². The minimum Gasteiger partial charge on any atom is -0.508 e. The Kier molecular flexibility index (Phi) is 4.97. The van der Waals surface area contributed by atoms with Crippen LogP contribution in [0.15, 0.2) is 47.6 Å². The van der Waals surface area contributed by atoms with Crippen LogP contribution in [-0.2, 0) is 12.3 Å². The second-order valence-corrected chi connectivity index (χ2v) is 7.09. The Morgan fingerprint density at radius 2 is 1.93 bits per heavy atom. The van der Waals surface area contributed by atoms with Crippen molar-refractivity contribution >= 4 is 34.4 Å². The first kappa shape index (κ1) is 17.8. The number of nitrogens with zero attached hydrogens (tertiary/aromatic N) is 6. The summed E-state index contributed by atoms with van der Waals surface area (Å²) in [6.45, 7) is 0.427. The van der Waals surface area contributed by atoms with Gasteiger partial charge in [-0.3, -0.25) is 0 Å². The Morgan fingerprint density at radius 1 is 1.11 bits per heavy atom. The summed E-state index contributed by atoms with van der Waals surface area (Å²) >= 11 is 7.53. The first-order chi connectivity index (χ1) is 13.2. The summed E-state index contributed by atoms with van der Waals surface area (Å²) in [5.74, 6) is 1.49. The van der Waals surface area contributed by atoms with Crippen LogP contribution in [0.2, 0.25) is 5.02 Å². The number of halogens is 1. The van der Waals surface area contributed by atoms with E-state index in [-0.39, 0.29) is 12.4 Å². The molecule has 138 valence electrons. The number of aliphatic hydroxyl groups is 1. The van der Waals surface area contributed by atoms with Gasteiger partial charge in [0.25, 0.3) is 0 Å². The maximum absolute atomic E-state index is 9.44. The molecule has 0 fully saturated rings. The molecule has 27 heavy (non-hydrogen) atoms. The number of tetrazole rings is 1. The molecule has 2 aromatic carbocycles. The number of hydrogen-bond donors (Lipinski definition) is 2. The van der Waals surface area contributed by atoms with Gasteiger partial charge in [-0.25, -0.2) is 4.98 Å². The van der Waals surface area contributed by atoms with Crippen LogP contribution in [0.1, 0.15) is 5.82 Å². The Morgan fingerprint density at radius 3 is 2.70 bits per heavy atom. The van der Waals surface area contributed by atoms with Crippen LogP contribution in [0.5, 0.6) is 5.75 Å². The van der Waals surface area contributed by atoms with E-state index in [2.05, 4.69) is 20.5 Å². The van der Waals surface area contributed by atoms with Gasteiger partial charge in [0, 0.05) is 11.6 Å². The molecule has 0 aliphatic rings. The highest BCUT2D eigenvalue weighted by Gasteiger charge is 2.14. The van der Waals surface area contributed by atoms with E-state index in [1.54, 1.807) is 35.0 Å². The van der Waals surface area contributed by atoms with E-state index >= 15 is 0 Å². The molecule has 2 heterocycles. The fourth-order valence-electron chi connectivity index (χ4n) is 2.76. The second kappa shape index (κ2) is 7.55. The van der Waals surface area contributed by atoms with Crippen LogP contribution in [-0.4, -0.2) is 46.6 Å². The molecule has 0 aliphatic carbocycles. The van der Waals surface area contributed by atoms with Crippen molar-refractivity contribution in [1.29, 1.82) is 0 Å². The molecule has 0 unspecified atom stereocenters. The van der Waals surface area contributed by atoms with E-state index in [1.165, 1.54) is 11.8 Å². The normalized spacial score (nSPS) is 11.3. The van der Waals surface area contributed by atoms with E-state index in [0.29, 0.717) is 22.5 Å².